The van der Waals surface area contributed by atoms with Crippen LogP contribution in [0.4, 0.5) is 0 Å². The van der Waals surface area contributed by atoms with E-state index >= 15 is 0 Å². The summed E-state index contributed by atoms with van der Waals surface area (Å²) in [4.78, 5) is 10.8. The number of aliphatic carboxylic acids is 1. The molecule has 2 rings (SSSR count). The summed E-state index contributed by atoms with van der Waals surface area (Å²) in [5.74, 6) is -0.324. The zero-order chi connectivity index (χ0) is 8.72. The van der Waals surface area contributed by atoms with Gasteiger partial charge in [-0.2, -0.15) is 0 Å². The fourth-order valence-corrected chi connectivity index (χ4v) is 2.90. The molecule has 2 aliphatic carbocycles. The SMILES string of the molecule is O=C(O)C1[C@@H]2CC[C@H]1C[C@H](O)C2. The van der Waals surface area contributed by atoms with E-state index < -0.39 is 5.97 Å². The van der Waals surface area contributed by atoms with Crippen LogP contribution < -0.4 is 0 Å². The van der Waals surface area contributed by atoms with Crippen LogP contribution in [-0.2, 0) is 4.79 Å². The Kier molecular flexibility index (Phi) is 1.83. The summed E-state index contributed by atoms with van der Waals surface area (Å²) >= 11 is 0. The lowest BCUT2D eigenvalue weighted by Crippen LogP contribution is -2.34. The topological polar surface area (TPSA) is 57.5 Å². The number of carbonyl (C=O) groups is 1. The summed E-state index contributed by atoms with van der Waals surface area (Å²) in [6.45, 7) is 0. The molecule has 4 atom stereocenters. The van der Waals surface area contributed by atoms with Crippen LogP contribution >= 0.6 is 0 Å². The number of carboxylic acids is 1. The first-order valence-electron chi connectivity index (χ1n) is 4.59. The number of hydrogen-bond donors (Lipinski definition) is 2. The van der Waals surface area contributed by atoms with Crippen LogP contribution in [0.3, 0.4) is 0 Å². The lowest BCUT2D eigenvalue weighted by Gasteiger charge is -2.29. The first kappa shape index (κ1) is 8.05. The van der Waals surface area contributed by atoms with Crippen molar-refractivity contribution in [1.82, 2.24) is 0 Å². The normalized spacial score (nSPS) is 46.1. The third kappa shape index (κ3) is 1.12. The Labute approximate surface area is 71.4 Å². The maximum Gasteiger partial charge on any atom is 0.307 e. The molecule has 0 radical (unpaired) electrons. The van der Waals surface area contributed by atoms with Crippen molar-refractivity contribution >= 4 is 5.97 Å². The molecule has 3 nitrogen and oxygen atoms in total. The Balaban J connectivity index is 2.14. The first-order chi connectivity index (χ1) is 5.68. The van der Waals surface area contributed by atoms with E-state index in [9.17, 15) is 9.90 Å². The molecule has 0 heterocycles. The highest BCUT2D eigenvalue weighted by atomic mass is 16.4. The fourth-order valence-electron chi connectivity index (χ4n) is 2.90. The molecular weight excluding hydrogens is 156 g/mol. The highest BCUT2D eigenvalue weighted by molar-refractivity contribution is 5.71. The number of fused-ring (bicyclic) bond motifs is 2. The minimum atomic E-state index is -0.658. The predicted molar refractivity (Wildman–Crippen MR) is 42.6 cm³/mol. The van der Waals surface area contributed by atoms with E-state index in [2.05, 4.69) is 0 Å². The predicted octanol–water partition coefficient (Wildman–Crippen LogP) is 0.868. The molecule has 1 unspecified atom stereocenters. The molecule has 12 heavy (non-hydrogen) atoms. The maximum atomic E-state index is 10.8. The molecule has 2 N–H and O–H groups in total. The third-order valence-corrected chi connectivity index (χ3v) is 3.36. The molecule has 0 spiro atoms. The molecule has 0 aromatic rings. The van der Waals surface area contributed by atoms with Gasteiger partial charge in [0.1, 0.15) is 0 Å². The van der Waals surface area contributed by atoms with Gasteiger partial charge in [0.2, 0.25) is 0 Å². The van der Waals surface area contributed by atoms with Crippen molar-refractivity contribution in [3.05, 3.63) is 0 Å². The Bertz CT molecular complexity index is 188. The van der Waals surface area contributed by atoms with E-state index in [1.165, 1.54) is 0 Å². The van der Waals surface area contributed by atoms with E-state index in [-0.39, 0.29) is 23.9 Å². The number of carboxylic acid groups (broad SMARTS) is 1. The van der Waals surface area contributed by atoms with Gasteiger partial charge >= 0.3 is 5.97 Å². The second kappa shape index (κ2) is 2.73. The van der Waals surface area contributed by atoms with E-state index in [1.807, 2.05) is 0 Å². The van der Waals surface area contributed by atoms with Gasteiger partial charge in [-0.3, -0.25) is 4.79 Å². The van der Waals surface area contributed by atoms with Gasteiger partial charge in [0.25, 0.3) is 0 Å². The largest absolute Gasteiger partial charge is 0.481 e. The lowest BCUT2D eigenvalue weighted by molar-refractivity contribution is -0.146. The zero-order valence-corrected chi connectivity index (χ0v) is 6.94. The minimum Gasteiger partial charge on any atom is -0.481 e. The van der Waals surface area contributed by atoms with Gasteiger partial charge in [-0.1, -0.05) is 0 Å². The van der Waals surface area contributed by atoms with Crippen LogP contribution in [0.15, 0.2) is 0 Å². The van der Waals surface area contributed by atoms with Crippen LogP contribution in [0.5, 0.6) is 0 Å². The van der Waals surface area contributed by atoms with Gasteiger partial charge < -0.3 is 10.2 Å². The summed E-state index contributed by atoms with van der Waals surface area (Å²) in [6.07, 6.45) is 3.16. The molecule has 3 heteroatoms. The summed E-state index contributed by atoms with van der Waals surface area (Å²) in [7, 11) is 0. The second-order valence-electron chi connectivity index (χ2n) is 4.09. The minimum absolute atomic E-state index is 0.159. The van der Waals surface area contributed by atoms with Crippen molar-refractivity contribution in [3.63, 3.8) is 0 Å². The number of rotatable bonds is 1. The molecule has 68 valence electrons. The average molecular weight is 170 g/mol. The van der Waals surface area contributed by atoms with Crippen LogP contribution in [0.2, 0.25) is 0 Å². The zero-order valence-electron chi connectivity index (χ0n) is 6.94. The Hall–Kier alpha value is -0.570. The average Bonchev–Trinajstić information content (AvgIpc) is 2.24. The first-order valence-corrected chi connectivity index (χ1v) is 4.59. The fraction of sp³-hybridized carbons (Fsp3) is 0.889. The third-order valence-electron chi connectivity index (χ3n) is 3.36. The Morgan fingerprint density at radius 2 is 1.67 bits per heavy atom. The van der Waals surface area contributed by atoms with E-state index in [0.29, 0.717) is 12.8 Å². The summed E-state index contributed by atoms with van der Waals surface area (Å²) in [6, 6.07) is 0. The molecule has 2 fully saturated rings. The molecule has 2 saturated carbocycles. The highest BCUT2D eigenvalue weighted by Crippen LogP contribution is 2.46. The number of aliphatic hydroxyl groups is 1. The number of hydrogen-bond acceptors (Lipinski definition) is 2. The maximum absolute atomic E-state index is 10.8. The molecule has 0 amide bonds. The molecule has 2 bridgehead atoms. The van der Waals surface area contributed by atoms with Crippen molar-refractivity contribution in [2.75, 3.05) is 0 Å². The van der Waals surface area contributed by atoms with Crippen LogP contribution in [0.1, 0.15) is 25.7 Å². The van der Waals surface area contributed by atoms with Crippen molar-refractivity contribution in [1.29, 1.82) is 0 Å². The lowest BCUT2D eigenvalue weighted by atomic mass is 9.77. The van der Waals surface area contributed by atoms with E-state index in [1.54, 1.807) is 0 Å². The van der Waals surface area contributed by atoms with Crippen LogP contribution in [0.25, 0.3) is 0 Å². The highest BCUT2D eigenvalue weighted by Gasteiger charge is 2.45. The van der Waals surface area contributed by atoms with Crippen LogP contribution in [-0.4, -0.2) is 22.3 Å². The van der Waals surface area contributed by atoms with Crippen molar-refractivity contribution in [2.45, 2.75) is 31.8 Å². The monoisotopic (exact) mass is 170 g/mol. The molecule has 0 aromatic carbocycles. The standard InChI is InChI=1S/C9H14O3/c10-7-3-5-1-2-6(4-7)8(5)9(11)12/h5-8,10H,1-4H2,(H,11,12)/t5-,6+,7-,8?. The molecular formula is C9H14O3. The second-order valence-corrected chi connectivity index (χ2v) is 4.09. The smallest absolute Gasteiger partial charge is 0.307 e. The summed E-state index contributed by atoms with van der Waals surface area (Å²) in [5, 5.41) is 18.3. The quantitative estimate of drug-likeness (QED) is 0.614. The summed E-state index contributed by atoms with van der Waals surface area (Å²) < 4.78 is 0. The number of aliphatic hydroxyl groups excluding tert-OH is 1. The van der Waals surface area contributed by atoms with Crippen molar-refractivity contribution in [3.8, 4) is 0 Å². The van der Waals surface area contributed by atoms with Gasteiger partial charge in [-0.25, -0.2) is 0 Å². The molecule has 2 aliphatic rings. The van der Waals surface area contributed by atoms with Crippen molar-refractivity contribution < 1.29 is 15.0 Å². The Morgan fingerprint density at radius 3 is 2.08 bits per heavy atom. The molecule has 0 aliphatic heterocycles. The van der Waals surface area contributed by atoms with Crippen molar-refractivity contribution in [2.24, 2.45) is 17.8 Å². The van der Waals surface area contributed by atoms with E-state index in [0.717, 1.165) is 12.8 Å². The molecule has 0 aromatic heterocycles. The summed E-state index contributed by atoms with van der Waals surface area (Å²) in [5.41, 5.74) is 0. The van der Waals surface area contributed by atoms with Crippen LogP contribution in [0, 0.1) is 17.8 Å². The van der Waals surface area contributed by atoms with Gasteiger partial charge in [-0.15, -0.1) is 0 Å². The molecule has 0 saturated heterocycles. The van der Waals surface area contributed by atoms with Gasteiger partial charge in [0, 0.05) is 0 Å². The van der Waals surface area contributed by atoms with Gasteiger partial charge in [0.15, 0.2) is 0 Å². The van der Waals surface area contributed by atoms with Gasteiger partial charge in [-0.05, 0) is 37.5 Å². The van der Waals surface area contributed by atoms with Gasteiger partial charge in [0.05, 0.1) is 12.0 Å². The van der Waals surface area contributed by atoms with E-state index in [4.69, 9.17) is 5.11 Å². The Morgan fingerprint density at radius 1 is 1.17 bits per heavy atom.